The predicted molar refractivity (Wildman–Crippen MR) is 99.9 cm³/mol. The van der Waals surface area contributed by atoms with Crippen molar-refractivity contribution in [3.63, 3.8) is 0 Å². The number of methoxy groups -OCH3 is 1. The lowest BCUT2D eigenvalue weighted by atomic mass is 9.94. The number of ether oxygens (including phenoxy) is 1. The summed E-state index contributed by atoms with van der Waals surface area (Å²) in [4.78, 5) is 37.6. The minimum atomic E-state index is -0.527. The van der Waals surface area contributed by atoms with Crippen LogP contribution in [-0.4, -0.2) is 42.4 Å². The van der Waals surface area contributed by atoms with Crippen LogP contribution in [-0.2, 0) is 27.3 Å². The number of nitrogens with two attached hydrogens (primary N) is 1. The van der Waals surface area contributed by atoms with Gasteiger partial charge in [-0.05, 0) is 41.8 Å². The average molecular weight is 367 g/mol. The van der Waals surface area contributed by atoms with E-state index in [1.165, 1.54) is 7.11 Å². The van der Waals surface area contributed by atoms with E-state index in [9.17, 15) is 14.4 Å². The number of hydrogen-bond donors (Lipinski definition) is 2. The summed E-state index contributed by atoms with van der Waals surface area (Å²) in [5.41, 5.74) is 8.31. The molecule has 0 bridgehead atoms. The summed E-state index contributed by atoms with van der Waals surface area (Å²) >= 11 is 0. The Hall–Kier alpha value is -3.19. The van der Waals surface area contributed by atoms with E-state index in [1.54, 1.807) is 29.2 Å². The van der Waals surface area contributed by atoms with Gasteiger partial charge in [-0.25, -0.2) is 0 Å². The Morgan fingerprint density at radius 2 is 1.78 bits per heavy atom. The third-order valence-corrected chi connectivity index (χ3v) is 4.62. The van der Waals surface area contributed by atoms with Gasteiger partial charge in [0, 0.05) is 17.8 Å². The number of primary amides is 1. The Kier molecular flexibility index (Phi) is 5.52. The SMILES string of the molecule is COC(=O)[C@@H]1Cc2ccccc2CN1CC(=O)Nc1ccc(C(N)=O)cc1. The number of carbonyl (C=O) groups excluding carboxylic acids is 3. The molecule has 1 atom stereocenters. The van der Waals surface area contributed by atoms with Gasteiger partial charge in [0.25, 0.3) is 0 Å². The molecule has 0 aromatic heterocycles. The maximum absolute atomic E-state index is 12.5. The molecule has 1 aliphatic heterocycles. The summed E-state index contributed by atoms with van der Waals surface area (Å²) in [7, 11) is 1.35. The predicted octanol–water partition coefficient (Wildman–Crippen LogP) is 1.32. The first kappa shape index (κ1) is 18.6. The highest BCUT2D eigenvalue weighted by Gasteiger charge is 2.33. The van der Waals surface area contributed by atoms with Gasteiger partial charge in [0.2, 0.25) is 11.8 Å². The molecule has 140 valence electrons. The van der Waals surface area contributed by atoms with Gasteiger partial charge < -0.3 is 15.8 Å². The molecule has 3 rings (SSSR count). The van der Waals surface area contributed by atoms with Gasteiger partial charge in [0.1, 0.15) is 6.04 Å². The van der Waals surface area contributed by atoms with Crippen molar-refractivity contribution >= 4 is 23.5 Å². The summed E-state index contributed by atoms with van der Waals surface area (Å²) < 4.78 is 4.91. The Labute approximate surface area is 157 Å². The van der Waals surface area contributed by atoms with E-state index in [2.05, 4.69) is 5.32 Å². The summed E-state index contributed by atoms with van der Waals surface area (Å²) in [5.74, 6) is -1.14. The maximum atomic E-state index is 12.5. The quantitative estimate of drug-likeness (QED) is 0.776. The van der Waals surface area contributed by atoms with E-state index in [0.29, 0.717) is 24.2 Å². The van der Waals surface area contributed by atoms with Gasteiger partial charge in [-0.2, -0.15) is 0 Å². The monoisotopic (exact) mass is 367 g/mol. The molecule has 0 saturated carbocycles. The molecular formula is C20H21N3O4. The number of benzene rings is 2. The summed E-state index contributed by atoms with van der Waals surface area (Å²) in [6.07, 6.45) is 0.503. The Morgan fingerprint density at radius 1 is 1.11 bits per heavy atom. The first-order valence-electron chi connectivity index (χ1n) is 8.56. The van der Waals surface area contributed by atoms with Gasteiger partial charge in [0.05, 0.1) is 13.7 Å². The second-order valence-electron chi connectivity index (χ2n) is 6.41. The van der Waals surface area contributed by atoms with Gasteiger partial charge in [-0.1, -0.05) is 24.3 Å². The standard InChI is InChI=1S/C20H21N3O4/c1-27-20(26)17-10-14-4-2-3-5-15(14)11-23(17)12-18(24)22-16-8-6-13(7-9-16)19(21)25/h2-9,17H,10-12H2,1H3,(H2,21,25)(H,22,24)/t17-/m0/s1. The van der Waals surface area contributed by atoms with Crippen LogP contribution in [0.3, 0.4) is 0 Å². The lowest BCUT2D eigenvalue weighted by Gasteiger charge is -2.34. The van der Waals surface area contributed by atoms with Gasteiger partial charge in [0.15, 0.2) is 0 Å². The molecule has 0 radical (unpaired) electrons. The zero-order valence-corrected chi connectivity index (χ0v) is 15.0. The lowest BCUT2D eigenvalue weighted by Crippen LogP contribution is -2.49. The smallest absolute Gasteiger partial charge is 0.323 e. The van der Waals surface area contributed by atoms with Crippen LogP contribution in [0.15, 0.2) is 48.5 Å². The van der Waals surface area contributed by atoms with Crippen LogP contribution in [0.2, 0.25) is 0 Å². The van der Waals surface area contributed by atoms with Gasteiger partial charge in [-0.3, -0.25) is 19.3 Å². The molecule has 7 heteroatoms. The summed E-state index contributed by atoms with van der Waals surface area (Å²) in [6.45, 7) is 0.537. The van der Waals surface area contributed by atoms with Crippen LogP contribution in [0.5, 0.6) is 0 Å². The van der Waals surface area contributed by atoms with E-state index in [4.69, 9.17) is 10.5 Å². The van der Waals surface area contributed by atoms with Crippen LogP contribution in [0.4, 0.5) is 5.69 Å². The zero-order valence-electron chi connectivity index (χ0n) is 15.0. The van der Waals surface area contributed by atoms with Gasteiger partial charge in [-0.15, -0.1) is 0 Å². The number of fused-ring (bicyclic) bond motifs is 1. The van der Waals surface area contributed by atoms with Crippen molar-refractivity contribution in [3.8, 4) is 0 Å². The molecule has 0 fully saturated rings. The molecular weight excluding hydrogens is 346 g/mol. The van der Waals surface area contributed by atoms with E-state index in [-0.39, 0.29) is 18.4 Å². The molecule has 7 nitrogen and oxygen atoms in total. The van der Waals surface area contributed by atoms with Crippen LogP contribution in [0.25, 0.3) is 0 Å². The molecule has 1 heterocycles. The van der Waals surface area contributed by atoms with Gasteiger partial charge >= 0.3 is 5.97 Å². The van der Waals surface area contributed by atoms with Crippen molar-refractivity contribution < 1.29 is 19.1 Å². The van der Waals surface area contributed by atoms with Crippen LogP contribution in [0, 0.1) is 0 Å². The van der Waals surface area contributed by atoms with E-state index in [1.807, 2.05) is 24.3 Å². The number of rotatable bonds is 5. The van der Waals surface area contributed by atoms with Crippen LogP contribution < -0.4 is 11.1 Å². The molecule has 0 saturated heterocycles. The number of hydrogen-bond acceptors (Lipinski definition) is 5. The minimum absolute atomic E-state index is 0.0473. The second-order valence-corrected chi connectivity index (χ2v) is 6.41. The molecule has 1 aliphatic rings. The van der Waals surface area contributed by atoms with Crippen molar-refractivity contribution in [2.45, 2.75) is 19.0 Å². The van der Waals surface area contributed by atoms with Crippen molar-refractivity contribution in [3.05, 3.63) is 65.2 Å². The minimum Gasteiger partial charge on any atom is -0.468 e. The molecule has 2 aromatic rings. The second kappa shape index (κ2) is 8.01. The molecule has 0 unspecified atom stereocenters. The molecule has 3 N–H and O–H groups in total. The average Bonchev–Trinajstić information content (AvgIpc) is 2.67. The summed E-state index contributed by atoms with van der Waals surface area (Å²) in [5, 5.41) is 2.77. The Morgan fingerprint density at radius 3 is 2.41 bits per heavy atom. The zero-order chi connectivity index (χ0) is 19.4. The highest BCUT2D eigenvalue weighted by atomic mass is 16.5. The fourth-order valence-electron chi connectivity index (χ4n) is 3.21. The van der Waals surface area contributed by atoms with Crippen molar-refractivity contribution in [1.82, 2.24) is 4.90 Å². The normalized spacial score (nSPS) is 16.3. The highest BCUT2D eigenvalue weighted by Crippen LogP contribution is 2.24. The lowest BCUT2D eigenvalue weighted by molar-refractivity contribution is -0.148. The van der Waals surface area contributed by atoms with Crippen molar-refractivity contribution in [2.24, 2.45) is 5.73 Å². The highest BCUT2D eigenvalue weighted by molar-refractivity contribution is 5.95. The molecule has 2 aromatic carbocycles. The van der Waals surface area contributed by atoms with E-state index >= 15 is 0 Å². The first-order valence-corrected chi connectivity index (χ1v) is 8.56. The maximum Gasteiger partial charge on any atom is 0.323 e. The fourth-order valence-corrected chi connectivity index (χ4v) is 3.21. The number of esters is 1. The van der Waals surface area contributed by atoms with Crippen LogP contribution in [0.1, 0.15) is 21.5 Å². The largest absolute Gasteiger partial charge is 0.468 e. The van der Waals surface area contributed by atoms with E-state index in [0.717, 1.165) is 11.1 Å². The molecule has 0 aliphatic carbocycles. The van der Waals surface area contributed by atoms with Crippen molar-refractivity contribution in [1.29, 1.82) is 0 Å². The summed E-state index contributed by atoms with van der Waals surface area (Å²) in [6, 6.07) is 13.7. The third kappa shape index (κ3) is 4.32. The molecule has 0 spiro atoms. The molecule has 2 amide bonds. The molecule has 27 heavy (non-hydrogen) atoms. The van der Waals surface area contributed by atoms with Crippen LogP contribution >= 0.6 is 0 Å². The number of anilines is 1. The number of carbonyl (C=O) groups is 3. The Balaban J connectivity index is 1.71. The van der Waals surface area contributed by atoms with E-state index < -0.39 is 11.9 Å². The first-order chi connectivity index (χ1) is 13.0. The number of nitrogens with zero attached hydrogens (tertiary/aromatic N) is 1. The number of nitrogens with one attached hydrogen (secondary N) is 1. The Bertz CT molecular complexity index is 864. The fraction of sp³-hybridized carbons (Fsp3) is 0.250. The topological polar surface area (TPSA) is 102 Å². The van der Waals surface area contributed by atoms with Crippen molar-refractivity contribution in [2.75, 3.05) is 19.0 Å². The third-order valence-electron chi connectivity index (χ3n) is 4.62. The number of amides is 2.